The summed E-state index contributed by atoms with van der Waals surface area (Å²) in [6.45, 7) is 4.71. The van der Waals surface area contributed by atoms with Crippen molar-refractivity contribution in [2.45, 2.75) is 44.4 Å². The summed E-state index contributed by atoms with van der Waals surface area (Å²) in [5.41, 5.74) is 1.96. The van der Waals surface area contributed by atoms with E-state index in [-0.39, 0.29) is 5.91 Å². The molecule has 0 radical (unpaired) electrons. The quantitative estimate of drug-likeness (QED) is 0.868. The van der Waals surface area contributed by atoms with Crippen molar-refractivity contribution in [1.29, 1.82) is 0 Å². The van der Waals surface area contributed by atoms with Crippen LogP contribution in [0.5, 0.6) is 0 Å². The predicted molar refractivity (Wildman–Crippen MR) is 93.1 cm³/mol. The Morgan fingerprint density at radius 1 is 1.25 bits per heavy atom. The highest BCUT2D eigenvalue weighted by molar-refractivity contribution is 5.93. The molecule has 2 saturated heterocycles. The van der Waals surface area contributed by atoms with Gasteiger partial charge in [-0.25, -0.2) is 0 Å². The number of rotatable bonds is 6. The van der Waals surface area contributed by atoms with Crippen molar-refractivity contribution < 1.29 is 14.3 Å². The zero-order valence-electron chi connectivity index (χ0n) is 14.5. The Morgan fingerprint density at radius 3 is 2.62 bits per heavy atom. The van der Waals surface area contributed by atoms with Crippen LogP contribution in [0.1, 0.15) is 41.6 Å². The van der Waals surface area contributed by atoms with Gasteiger partial charge in [0.05, 0.1) is 18.8 Å². The van der Waals surface area contributed by atoms with Crippen LogP contribution in [-0.2, 0) is 16.0 Å². The third-order valence-electron chi connectivity index (χ3n) is 4.93. The molecule has 0 spiro atoms. The van der Waals surface area contributed by atoms with Crippen LogP contribution in [0.2, 0.25) is 0 Å². The zero-order chi connectivity index (χ0) is 16.8. The van der Waals surface area contributed by atoms with Gasteiger partial charge in [-0.2, -0.15) is 0 Å². The lowest BCUT2D eigenvalue weighted by molar-refractivity contribution is -0.0426. The van der Waals surface area contributed by atoms with E-state index >= 15 is 0 Å². The first-order chi connectivity index (χ1) is 11.7. The van der Waals surface area contributed by atoms with Crippen LogP contribution in [-0.4, -0.2) is 56.4 Å². The van der Waals surface area contributed by atoms with Gasteiger partial charge in [0.25, 0.3) is 5.91 Å². The Labute approximate surface area is 144 Å². The largest absolute Gasteiger partial charge is 0.376 e. The monoisotopic (exact) mass is 332 g/mol. The molecule has 2 heterocycles. The van der Waals surface area contributed by atoms with Crippen molar-refractivity contribution in [2.24, 2.45) is 0 Å². The van der Waals surface area contributed by atoms with Gasteiger partial charge in [0.15, 0.2) is 0 Å². The van der Waals surface area contributed by atoms with Crippen LogP contribution in [0.4, 0.5) is 0 Å². The van der Waals surface area contributed by atoms with Gasteiger partial charge < -0.3 is 14.8 Å². The maximum Gasteiger partial charge on any atom is 0.251 e. The number of hydrogen-bond acceptors (Lipinski definition) is 4. The molecule has 0 aliphatic carbocycles. The van der Waals surface area contributed by atoms with Crippen LogP contribution < -0.4 is 5.32 Å². The Hall–Kier alpha value is -1.43. The summed E-state index contributed by atoms with van der Waals surface area (Å²) in [5, 5.41) is 2.65. The number of likely N-dealkylation sites (tertiary alicyclic amines) is 1. The van der Waals surface area contributed by atoms with Crippen LogP contribution >= 0.6 is 0 Å². The number of carbonyl (C=O) groups excluding carboxylic acids is 1. The third kappa shape index (κ3) is 4.79. The lowest BCUT2D eigenvalue weighted by Gasteiger charge is -2.32. The summed E-state index contributed by atoms with van der Waals surface area (Å²) in [4.78, 5) is 14.0. The van der Waals surface area contributed by atoms with Gasteiger partial charge in [0, 0.05) is 38.9 Å². The summed E-state index contributed by atoms with van der Waals surface area (Å²) in [6.07, 6.45) is 5.19. The fraction of sp³-hybridized carbons (Fsp3) is 0.632. The second kappa shape index (κ2) is 8.60. The number of benzene rings is 1. The zero-order valence-corrected chi connectivity index (χ0v) is 14.5. The van der Waals surface area contributed by atoms with E-state index in [1.54, 1.807) is 7.05 Å². The number of nitrogens with one attached hydrogen (secondary N) is 1. The average Bonchev–Trinajstić information content (AvgIpc) is 3.15. The molecular weight excluding hydrogens is 304 g/mol. The van der Waals surface area contributed by atoms with Crippen LogP contribution in [0.25, 0.3) is 0 Å². The summed E-state index contributed by atoms with van der Waals surface area (Å²) >= 11 is 0. The summed E-state index contributed by atoms with van der Waals surface area (Å²) in [6, 6.07) is 7.88. The predicted octanol–water partition coefficient (Wildman–Crippen LogP) is 2.21. The minimum Gasteiger partial charge on any atom is -0.376 e. The first-order valence-corrected chi connectivity index (χ1v) is 9.01. The van der Waals surface area contributed by atoms with E-state index in [1.165, 1.54) is 12.0 Å². The summed E-state index contributed by atoms with van der Waals surface area (Å²) < 4.78 is 11.6. The van der Waals surface area contributed by atoms with Crippen LogP contribution in [0.3, 0.4) is 0 Å². The van der Waals surface area contributed by atoms with Crippen molar-refractivity contribution in [2.75, 3.05) is 33.4 Å². The number of hydrogen-bond donors (Lipinski definition) is 1. The molecule has 2 fully saturated rings. The Balaban J connectivity index is 1.39. The fourth-order valence-electron chi connectivity index (χ4n) is 3.42. The molecule has 5 heteroatoms. The van der Waals surface area contributed by atoms with Gasteiger partial charge in [0.2, 0.25) is 0 Å². The lowest BCUT2D eigenvalue weighted by atomic mass is 10.1. The van der Waals surface area contributed by atoms with Gasteiger partial charge in [-0.1, -0.05) is 12.1 Å². The molecule has 0 aromatic heterocycles. The highest BCUT2D eigenvalue weighted by Crippen LogP contribution is 2.19. The van der Waals surface area contributed by atoms with Gasteiger partial charge in [-0.3, -0.25) is 9.69 Å². The minimum atomic E-state index is -0.0363. The molecular formula is C19H28N2O3. The van der Waals surface area contributed by atoms with Crippen molar-refractivity contribution in [3.8, 4) is 0 Å². The molecule has 1 amide bonds. The Morgan fingerprint density at radius 2 is 2.00 bits per heavy atom. The lowest BCUT2D eigenvalue weighted by Crippen LogP contribution is -2.37. The van der Waals surface area contributed by atoms with E-state index in [2.05, 4.69) is 10.2 Å². The molecule has 1 aromatic carbocycles. The second-order valence-corrected chi connectivity index (χ2v) is 6.72. The number of amides is 1. The van der Waals surface area contributed by atoms with Crippen molar-refractivity contribution in [3.63, 3.8) is 0 Å². The van der Waals surface area contributed by atoms with Gasteiger partial charge in [-0.05, 0) is 43.4 Å². The summed E-state index contributed by atoms with van der Waals surface area (Å²) in [5.74, 6) is -0.0363. The highest BCUT2D eigenvalue weighted by atomic mass is 16.5. The van der Waals surface area contributed by atoms with E-state index in [0.29, 0.717) is 17.8 Å². The Kier molecular flexibility index (Phi) is 6.24. The molecule has 132 valence electrons. The molecule has 0 bridgehead atoms. The first-order valence-electron chi connectivity index (χ1n) is 9.01. The van der Waals surface area contributed by atoms with E-state index < -0.39 is 0 Å². The first kappa shape index (κ1) is 17.4. The molecule has 3 rings (SSSR count). The van der Waals surface area contributed by atoms with Crippen molar-refractivity contribution >= 4 is 5.91 Å². The van der Waals surface area contributed by atoms with Gasteiger partial charge in [0.1, 0.15) is 0 Å². The van der Waals surface area contributed by atoms with Crippen molar-refractivity contribution in [1.82, 2.24) is 10.2 Å². The SMILES string of the molecule is CNC(=O)c1ccc(CN2CCC(OC[C@@H]3CCCO3)CC2)cc1. The topological polar surface area (TPSA) is 50.8 Å². The minimum absolute atomic E-state index is 0.0363. The van der Waals surface area contributed by atoms with Gasteiger partial charge in [-0.15, -0.1) is 0 Å². The molecule has 2 aliphatic heterocycles. The van der Waals surface area contributed by atoms with E-state index in [4.69, 9.17) is 9.47 Å². The molecule has 24 heavy (non-hydrogen) atoms. The van der Waals surface area contributed by atoms with E-state index in [1.807, 2.05) is 24.3 Å². The maximum atomic E-state index is 11.6. The molecule has 0 saturated carbocycles. The summed E-state index contributed by atoms with van der Waals surface area (Å²) in [7, 11) is 1.65. The molecule has 2 aliphatic rings. The third-order valence-corrected chi connectivity index (χ3v) is 4.93. The smallest absolute Gasteiger partial charge is 0.251 e. The standard InChI is InChI=1S/C19H28N2O3/c1-20-19(22)16-6-4-15(5-7-16)13-21-10-8-17(9-11-21)24-14-18-3-2-12-23-18/h4-7,17-18H,2-3,8-14H2,1H3,(H,20,22)/t18-/m0/s1. The number of nitrogens with zero attached hydrogens (tertiary/aromatic N) is 1. The van der Waals surface area contributed by atoms with Gasteiger partial charge >= 0.3 is 0 Å². The van der Waals surface area contributed by atoms with Crippen molar-refractivity contribution in [3.05, 3.63) is 35.4 Å². The number of carbonyl (C=O) groups is 1. The Bertz CT molecular complexity index is 518. The molecule has 5 nitrogen and oxygen atoms in total. The second-order valence-electron chi connectivity index (χ2n) is 6.72. The maximum absolute atomic E-state index is 11.6. The van der Waals surface area contributed by atoms with Crippen LogP contribution in [0, 0.1) is 0 Å². The number of ether oxygens (including phenoxy) is 2. The number of piperidine rings is 1. The molecule has 1 aromatic rings. The normalized spacial score (nSPS) is 22.6. The molecule has 1 atom stereocenters. The fourth-order valence-corrected chi connectivity index (χ4v) is 3.42. The molecule has 1 N–H and O–H groups in total. The van der Waals surface area contributed by atoms with Crippen LogP contribution in [0.15, 0.2) is 24.3 Å². The average molecular weight is 332 g/mol. The van der Waals surface area contributed by atoms with E-state index in [9.17, 15) is 4.79 Å². The van der Waals surface area contributed by atoms with E-state index in [0.717, 1.165) is 52.1 Å². The molecule has 0 unspecified atom stereocenters. The highest BCUT2D eigenvalue weighted by Gasteiger charge is 2.22.